The number of aliphatic hydroxyl groups is 1. The Balaban J connectivity index is 5.28. The summed E-state index contributed by atoms with van der Waals surface area (Å²) in [5.74, 6) is 0.00793. The average molecular weight is 1310 g/mol. The van der Waals surface area contributed by atoms with Crippen molar-refractivity contribution >= 4 is 39.5 Å². The van der Waals surface area contributed by atoms with E-state index in [0.29, 0.717) is 31.6 Å². The minimum Gasteiger partial charge on any atom is -0.462 e. The van der Waals surface area contributed by atoms with Crippen molar-refractivity contribution < 1.29 is 80.2 Å². The first-order valence-corrected chi connectivity index (χ1v) is 38.7. The number of esters is 4. The van der Waals surface area contributed by atoms with Gasteiger partial charge in [0.25, 0.3) is 0 Å². The molecule has 0 saturated carbocycles. The summed E-state index contributed by atoms with van der Waals surface area (Å²) in [6.45, 7) is 11.7. The van der Waals surface area contributed by atoms with Gasteiger partial charge in [0.15, 0.2) is 12.2 Å². The van der Waals surface area contributed by atoms with Gasteiger partial charge in [0.1, 0.15) is 19.3 Å². The number of rotatable bonds is 66. The molecule has 0 bridgehead atoms. The highest BCUT2D eigenvalue weighted by atomic mass is 31.2. The lowest BCUT2D eigenvalue weighted by Crippen LogP contribution is -2.30. The molecule has 0 saturated heterocycles. The third-order valence-electron chi connectivity index (χ3n) is 15.5. The van der Waals surface area contributed by atoms with Crippen molar-refractivity contribution in [3.8, 4) is 0 Å². The molecule has 0 spiro atoms. The Hall–Kier alpha value is -2.46. The lowest BCUT2D eigenvalue weighted by molar-refractivity contribution is -0.161. The number of hydrogen-bond donors (Lipinski definition) is 3. The summed E-state index contributed by atoms with van der Waals surface area (Å²) in [5, 5.41) is 10.6. The van der Waals surface area contributed by atoms with Crippen LogP contribution in [0.2, 0.25) is 0 Å². The monoisotopic (exact) mass is 1310 g/mol. The number of ether oxygens (including phenoxy) is 4. The molecular formula is C70H132O17P2. The van der Waals surface area contributed by atoms with E-state index in [-0.39, 0.29) is 25.7 Å². The molecule has 0 aromatic heterocycles. The minimum absolute atomic E-state index is 0.0834. The van der Waals surface area contributed by atoms with Gasteiger partial charge in [-0.2, -0.15) is 0 Å². The quantitative estimate of drug-likeness (QED) is 0.0169. The second kappa shape index (κ2) is 60.5. The predicted octanol–water partition coefficient (Wildman–Crippen LogP) is 19.4. The molecule has 0 rings (SSSR count). The molecule has 0 aromatic rings. The number of carbonyl (C=O) groups excluding carboxylic acids is 4. The van der Waals surface area contributed by atoms with Crippen molar-refractivity contribution in [3.05, 3.63) is 24.3 Å². The first kappa shape index (κ1) is 86.5. The van der Waals surface area contributed by atoms with Crippen molar-refractivity contribution in [2.75, 3.05) is 39.6 Å². The summed E-state index contributed by atoms with van der Waals surface area (Å²) >= 11 is 0. The van der Waals surface area contributed by atoms with Crippen LogP contribution in [-0.4, -0.2) is 96.7 Å². The van der Waals surface area contributed by atoms with Crippen LogP contribution in [-0.2, 0) is 65.4 Å². The topological polar surface area (TPSA) is 237 Å². The van der Waals surface area contributed by atoms with Crippen molar-refractivity contribution in [1.29, 1.82) is 0 Å². The van der Waals surface area contributed by atoms with E-state index < -0.39 is 97.5 Å². The zero-order valence-electron chi connectivity index (χ0n) is 57.4. The lowest BCUT2D eigenvalue weighted by Gasteiger charge is -2.21. The summed E-state index contributed by atoms with van der Waals surface area (Å²) in [6, 6.07) is 0. The van der Waals surface area contributed by atoms with Gasteiger partial charge in [-0.3, -0.25) is 37.3 Å². The minimum atomic E-state index is -4.96. The molecule has 0 aliphatic rings. The Morgan fingerprint density at radius 1 is 0.348 bits per heavy atom. The fourth-order valence-electron chi connectivity index (χ4n) is 10.0. The Kier molecular flexibility index (Phi) is 58.8. The maximum absolute atomic E-state index is 13.0. The Morgan fingerprint density at radius 3 is 0.910 bits per heavy atom. The first-order chi connectivity index (χ1) is 42.7. The standard InChI is InChI=1S/C70H132O17P2/c1-8-9-10-11-12-13-14-15-16-17-18-25-30-39-46-53-69(74)87-66(58-81-68(73)52-45-38-33-32-36-43-50-63(6)7)60-85-89(78,79)83-56-64(71)55-82-88(76,77)84-59-65(86-70(75)54-47-40-31-26-21-23-28-35-42-49-62(4)5)57-80-67(72)51-44-37-29-24-20-19-22-27-34-41-48-61(2)3/h13-16,61-66,71H,8-12,17-60H2,1-7H3,(H,76,77)(H,78,79)/b14-13-,16-15-/t64-,65-,66-/m1/s1. The predicted molar refractivity (Wildman–Crippen MR) is 358 cm³/mol. The van der Waals surface area contributed by atoms with Crippen LogP contribution in [0.25, 0.3) is 0 Å². The van der Waals surface area contributed by atoms with E-state index in [1.807, 2.05) is 0 Å². The Morgan fingerprint density at radius 2 is 0.607 bits per heavy atom. The smallest absolute Gasteiger partial charge is 0.462 e. The molecule has 0 aliphatic carbocycles. The van der Waals surface area contributed by atoms with Crippen LogP contribution < -0.4 is 0 Å². The van der Waals surface area contributed by atoms with E-state index in [0.717, 1.165) is 121 Å². The maximum atomic E-state index is 13.0. The molecule has 0 aromatic carbocycles. The number of unbranched alkanes of at least 4 members (excludes halogenated alkanes) is 31. The molecule has 89 heavy (non-hydrogen) atoms. The van der Waals surface area contributed by atoms with Gasteiger partial charge in [-0.15, -0.1) is 0 Å². The van der Waals surface area contributed by atoms with Crippen LogP contribution >= 0.6 is 15.6 Å². The number of aliphatic hydroxyl groups excluding tert-OH is 1. The molecule has 524 valence electrons. The number of hydrogen-bond acceptors (Lipinski definition) is 15. The van der Waals surface area contributed by atoms with Crippen LogP contribution in [0.3, 0.4) is 0 Å². The molecular weight excluding hydrogens is 1170 g/mol. The van der Waals surface area contributed by atoms with Gasteiger partial charge in [0, 0.05) is 25.7 Å². The number of phosphoric ester groups is 2. The number of phosphoric acid groups is 2. The average Bonchev–Trinajstić information content (AvgIpc) is 3.58. The summed E-state index contributed by atoms with van der Waals surface area (Å²) in [4.78, 5) is 72.5. The molecule has 17 nitrogen and oxygen atoms in total. The van der Waals surface area contributed by atoms with E-state index in [9.17, 15) is 43.2 Å². The molecule has 2 unspecified atom stereocenters. The van der Waals surface area contributed by atoms with Gasteiger partial charge in [-0.05, 0) is 69.1 Å². The molecule has 0 aliphatic heterocycles. The number of carbonyl (C=O) groups is 4. The highest BCUT2D eigenvalue weighted by molar-refractivity contribution is 7.47. The van der Waals surface area contributed by atoms with Gasteiger partial charge in [0.2, 0.25) is 0 Å². The number of allylic oxidation sites excluding steroid dienone is 4. The van der Waals surface area contributed by atoms with Gasteiger partial charge in [-0.25, -0.2) is 9.13 Å². The third kappa shape index (κ3) is 64.1. The van der Waals surface area contributed by atoms with Crippen molar-refractivity contribution in [2.45, 2.75) is 343 Å². The van der Waals surface area contributed by atoms with E-state index in [1.165, 1.54) is 116 Å². The Bertz CT molecular complexity index is 1840. The molecule has 19 heteroatoms. The van der Waals surface area contributed by atoms with E-state index in [1.54, 1.807) is 0 Å². The summed E-state index contributed by atoms with van der Waals surface area (Å²) in [7, 11) is -9.91. The van der Waals surface area contributed by atoms with Crippen molar-refractivity contribution in [1.82, 2.24) is 0 Å². The van der Waals surface area contributed by atoms with Crippen LogP contribution in [0.4, 0.5) is 0 Å². The first-order valence-electron chi connectivity index (χ1n) is 35.7. The summed E-state index contributed by atoms with van der Waals surface area (Å²) in [5.41, 5.74) is 0. The normalized spacial score (nSPS) is 14.4. The summed E-state index contributed by atoms with van der Waals surface area (Å²) in [6.07, 6.45) is 46.8. The second-order valence-electron chi connectivity index (χ2n) is 26.0. The molecule has 0 heterocycles. The van der Waals surface area contributed by atoms with E-state index >= 15 is 0 Å². The van der Waals surface area contributed by atoms with E-state index in [4.69, 9.17) is 37.0 Å². The SMILES string of the molecule is CCCCCC/C=C\C=C/CCCCCCCC(=O)O[C@H](COC(=O)CCCCCCCCC(C)C)COP(=O)(O)OC[C@H](O)COP(=O)(O)OC[C@@H](COC(=O)CCCCCCCCCCCCC(C)C)OC(=O)CCCCCCCCCCCC(C)C. The van der Waals surface area contributed by atoms with E-state index in [2.05, 4.69) is 72.8 Å². The largest absolute Gasteiger partial charge is 0.472 e. The Labute approximate surface area is 542 Å². The van der Waals surface area contributed by atoms with Crippen LogP contribution in [0.15, 0.2) is 24.3 Å². The van der Waals surface area contributed by atoms with Gasteiger partial charge in [-0.1, -0.05) is 272 Å². The van der Waals surface area contributed by atoms with Crippen molar-refractivity contribution in [2.24, 2.45) is 17.8 Å². The van der Waals surface area contributed by atoms with Crippen LogP contribution in [0, 0.1) is 17.8 Å². The molecule has 3 N–H and O–H groups in total. The third-order valence-corrected chi connectivity index (χ3v) is 17.4. The highest BCUT2D eigenvalue weighted by Gasteiger charge is 2.30. The maximum Gasteiger partial charge on any atom is 0.472 e. The second-order valence-corrected chi connectivity index (χ2v) is 28.9. The molecule has 0 radical (unpaired) electrons. The highest BCUT2D eigenvalue weighted by Crippen LogP contribution is 2.45. The molecule has 0 fully saturated rings. The fraction of sp³-hybridized carbons (Fsp3) is 0.886. The van der Waals surface area contributed by atoms with Crippen LogP contribution in [0.1, 0.15) is 325 Å². The zero-order chi connectivity index (χ0) is 65.9. The summed E-state index contributed by atoms with van der Waals surface area (Å²) < 4.78 is 68.2. The van der Waals surface area contributed by atoms with Gasteiger partial charge < -0.3 is 33.8 Å². The molecule has 0 amide bonds. The fourth-order valence-corrected chi connectivity index (χ4v) is 11.6. The molecule has 5 atom stereocenters. The van der Waals surface area contributed by atoms with Crippen molar-refractivity contribution in [3.63, 3.8) is 0 Å². The van der Waals surface area contributed by atoms with Gasteiger partial charge >= 0.3 is 39.5 Å². The lowest BCUT2D eigenvalue weighted by atomic mass is 10.0. The van der Waals surface area contributed by atoms with Gasteiger partial charge in [0.05, 0.1) is 26.4 Å². The zero-order valence-corrected chi connectivity index (χ0v) is 59.2. The van der Waals surface area contributed by atoms with Crippen LogP contribution in [0.5, 0.6) is 0 Å².